The molecule has 0 fully saturated rings. The van der Waals surface area contributed by atoms with E-state index in [-0.39, 0.29) is 4.90 Å². The number of benzene rings is 1. The first-order valence-corrected chi connectivity index (χ1v) is 4.26. The summed E-state index contributed by atoms with van der Waals surface area (Å²) in [7, 11) is 0. The van der Waals surface area contributed by atoms with Gasteiger partial charge in [0.25, 0.3) is 0 Å². The van der Waals surface area contributed by atoms with E-state index in [1.54, 1.807) is 0 Å². The van der Waals surface area contributed by atoms with E-state index < -0.39 is 5.82 Å². The second-order valence-corrected chi connectivity index (χ2v) is 3.40. The lowest BCUT2D eigenvalue weighted by Crippen LogP contribution is -1.87. The molecular formula is C7H3FINS. The van der Waals surface area contributed by atoms with Crippen LogP contribution in [-0.4, -0.2) is 0 Å². The molecule has 0 aliphatic rings. The third-order valence-electron chi connectivity index (χ3n) is 1.19. The molecule has 0 bridgehead atoms. The van der Waals surface area contributed by atoms with Gasteiger partial charge >= 0.3 is 0 Å². The van der Waals surface area contributed by atoms with Crippen molar-refractivity contribution in [3.05, 3.63) is 27.1 Å². The average Bonchev–Trinajstić information content (AvgIpc) is 2.01. The van der Waals surface area contributed by atoms with Crippen LogP contribution in [0.4, 0.5) is 4.39 Å². The van der Waals surface area contributed by atoms with E-state index in [1.165, 1.54) is 12.1 Å². The van der Waals surface area contributed by atoms with Crippen molar-refractivity contribution in [3.63, 3.8) is 0 Å². The zero-order chi connectivity index (χ0) is 8.43. The number of hydrogen-bond donors (Lipinski definition) is 1. The normalized spacial score (nSPS) is 9.27. The van der Waals surface area contributed by atoms with Crippen LogP contribution in [0.2, 0.25) is 0 Å². The Morgan fingerprint density at radius 1 is 1.55 bits per heavy atom. The quantitative estimate of drug-likeness (QED) is 0.572. The molecule has 0 aliphatic heterocycles. The topological polar surface area (TPSA) is 23.8 Å². The van der Waals surface area contributed by atoms with Gasteiger partial charge in [0.1, 0.15) is 11.9 Å². The zero-order valence-corrected chi connectivity index (χ0v) is 8.36. The molecule has 0 saturated heterocycles. The summed E-state index contributed by atoms with van der Waals surface area (Å²) in [6.07, 6.45) is 0. The van der Waals surface area contributed by atoms with Crippen molar-refractivity contribution in [2.45, 2.75) is 4.90 Å². The Labute approximate surface area is 82.8 Å². The molecule has 0 aliphatic carbocycles. The van der Waals surface area contributed by atoms with Gasteiger partial charge in [-0.3, -0.25) is 0 Å². The van der Waals surface area contributed by atoms with Gasteiger partial charge in [0.05, 0.1) is 10.5 Å². The second kappa shape index (κ2) is 3.41. The summed E-state index contributed by atoms with van der Waals surface area (Å²) in [4.78, 5) is 0.240. The van der Waals surface area contributed by atoms with E-state index in [0.717, 1.165) is 0 Å². The maximum atomic E-state index is 12.7. The monoisotopic (exact) mass is 279 g/mol. The summed E-state index contributed by atoms with van der Waals surface area (Å²) in [5.74, 6) is -0.392. The molecule has 0 heterocycles. The Morgan fingerprint density at radius 2 is 2.18 bits per heavy atom. The molecule has 0 aromatic heterocycles. The minimum atomic E-state index is -0.392. The highest BCUT2D eigenvalue weighted by molar-refractivity contribution is 14.1. The van der Waals surface area contributed by atoms with E-state index in [0.29, 0.717) is 9.13 Å². The number of thiol groups is 1. The van der Waals surface area contributed by atoms with Crippen LogP contribution < -0.4 is 0 Å². The minimum absolute atomic E-state index is 0.240. The van der Waals surface area contributed by atoms with Gasteiger partial charge < -0.3 is 0 Å². The zero-order valence-electron chi connectivity index (χ0n) is 5.31. The van der Waals surface area contributed by atoms with Crippen LogP contribution in [0, 0.1) is 20.7 Å². The average molecular weight is 279 g/mol. The van der Waals surface area contributed by atoms with Gasteiger partial charge in [-0.15, -0.1) is 12.6 Å². The van der Waals surface area contributed by atoms with E-state index in [2.05, 4.69) is 12.6 Å². The van der Waals surface area contributed by atoms with Crippen molar-refractivity contribution in [1.29, 1.82) is 5.26 Å². The molecule has 0 unspecified atom stereocenters. The number of rotatable bonds is 0. The van der Waals surface area contributed by atoms with Crippen LogP contribution >= 0.6 is 35.2 Å². The van der Waals surface area contributed by atoms with Crippen molar-refractivity contribution < 1.29 is 4.39 Å². The minimum Gasteiger partial charge on any atom is -0.206 e. The van der Waals surface area contributed by atoms with Crippen LogP contribution in [0.15, 0.2) is 17.0 Å². The highest BCUT2D eigenvalue weighted by Crippen LogP contribution is 2.22. The SMILES string of the molecule is N#Cc1ccc(F)c(S)c1I. The highest BCUT2D eigenvalue weighted by Gasteiger charge is 2.06. The lowest BCUT2D eigenvalue weighted by molar-refractivity contribution is 0.600. The fourth-order valence-corrected chi connectivity index (χ4v) is 1.38. The Hall–Kier alpha value is -0.280. The Bertz CT molecular complexity index is 332. The molecule has 1 nitrogen and oxygen atoms in total. The molecule has 1 aromatic carbocycles. The fourth-order valence-electron chi connectivity index (χ4n) is 0.627. The molecule has 0 spiro atoms. The van der Waals surface area contributed by atoms with Crippen molar-refractivity contribution >= 4 is 35.2 Å². The van der Waals surface area contributed by atoms with Gasteiger partial charge in [-0.1, -0.05) is 0 Å². The van der Waals surface area contributed by atoms with Gasteiger partial charge in [0.15, 0.2) is 0 Å². The maximum Gasteiger partial charge on any atom is 0.137 e. The van der Waals surface area contributed by atoms with Gasteiger partial charge in [-0.25, -0.2) is 4.39 Å². The van der Waals surface area contributed by atoms with Crippen LogP contribution in [0.1, 0.15) is 5.56 Å². The van der Waals surface area contributed by atoms with Crippen molar-refractivity contribution in [3.8, 4) is 6.07 Å². The van der Waals surface area contributed by atoms with Crippen molar-refractivity contribution in [2.75, 3.05) is 0 Å². The van der Waals surface area contributed by atoms with E-state index in [4.69, 9.17) is 5.26 Å². The third kappa shape index (κ3) is 1.65. The Kier molecular flexibility index (Phi) is 2.73. The Balaban J connectivity index is 3.40. The summed E-state index contributed by atoms with van der Waals surface area (Å²) < 4.78 is 13.3. The number of nitriles is 1. The van der Waals surface area contributed by atoms with E-state index in [1.807, 2.05) is 28.7 Å². The van der Waals surface area contributed by atoms with Crippen LogP contribution in [0.5, 0.6) is 0 Å². The number of nitrogens with zero attached hydrogens (tertiary/aromatic N) is 1. The van der Waals surface area contributed by atoms with Crippen molar-refractivity contribution in [2.24, 2.45) is 0 Å². The molecular weight excluding hydrogens is 276 g/mol. The largest absolute Gasteiger partial charge is 0.206 e. The fraction of sp³-hybridized carbons (Fsp3) is 0. The predicted octanol–water partition coefficient (Wildman–Crippen LogP) is 2.59. The summed E-state index contributed by atoms with van der Waals surface area (Å²) in [5, 5.41) is 8.52. The smallest absolute Gasteiger partial charge is 0.137 e. The van der Waals surface area contributed by atoms with Gasteiger partial charge in [0, 0.05) is 3.57 Å². The maximum absolute atomic E-state index is 12.7. The molecule has 0 N–H and O–H groups in total. The summed E-state index contributed by atoms with van der Waals surface area (Å²) in [6.45, 7) is 0. The van der Waals surface area contributed by atoms with E-state index >= 15 is 0 Å². The Morgan fingerprint density at radius 3 is 2.73 bits per heavy atom. The third-order valence-corrected chi connectivity index (χ3v) is 3.17. The van der Waals surface area contributed by atoms with Crippen LogP contribution in [0.3, 0.4) is 0 Å². The highest BCUT2D eigenvalue weighted by atomic mass is 127. The first kappa shape index (κ1) is 8.81. The van der Waals surface area contributed by atoms with Crippen molar-refractivity contribution in [1.82, 2.24) is 0 Å². The number of halogens is 2. The molecule has 1 rings (SSSR count). The predicted molar refractivity (Wildman–Crippen MR) is 51.1 cm³/mol. The van der Waals surface area contributed by atoms with Gasteiger partial charge in [-0.2, -0.15) is 5.26 Å². The summed E-state index contributed by atoms with van der Waals surface area (Å²) in [5.41, 5.74) is 0.456. The summed E-state index contributed by atoms with van der Waals surface area (Å²) in [6, 6.07) is 4.62. The first-order chi connectivity index (χ1) is 5.16. The van der Waals surface area contributed by atoms with Crippen LogP contribution in [0.25, 0.3) is 0 Å². The number of hydrogen-bond acceptors (Lipinski definition) is 2. The molecule has 0 radical (unpaired) electrons. The van der Waals surface area contributed by atoms with Gasteiger partial charge in [0.2, 0.25) is 0 Å². The lowest BCUT2D eigenvalue weighted by Gasteiger charge is -1.99. The first-order valence-electron chi connectivity index (χ1n) is 2.74. The molecule has 11 heavy (non-hydrogen) atoms. The lowest BCUT2D eigenvalue weighted by atomic mass is 10.2. The molecule has 56 valence electrons. The molecule has 0 saturated carbocycles. The second-order valence-electron chi connectivity index (χ2n) is 1.87. The standard InChI is InChI=1S/C7H3FINS/c8-5-2-1-4(3-10)6(9)7(5)11/h1-2,11H. The molecule has 1 aromatic rings. The van der Waals surface area contributed by atoms with Crippen LogP contribution in [-0.2, 0) is 0 Å². The molecule has 0 atom stereocenters. The summed E-state index contributed by atoms with van der Waals surface area (Å²) >= 11 is 5.79. The molecule has 0 amide bonds. The molecule has 4 heteroatoms. The van der Waals surface area contributed by atoms with E-state index in [9.17, 15) is 4.39 Å². The van der Waals surface area contributed by atoms with Gasteiger partial charge in [-0.05, 0) is 34.7 Å².